The van der Waals surface area contributed by atoms with Crippen molar-refractivity contribution in [3.8, 4) is 0 Å². The van der Waals surface area contributed by atoms with Crippen molar-refractivity contribution in [3.05, 3.63) is 59.7 Å². The Bertz CT molecular complexity index is 685. The standard InChI is InChI=1S/C18H20FN3O2/c19-16-3-1-14(2-4-16)5-6-21-17-11-15(12-20-13-17)18(23)22-7-9-24-10-8-22/h1-4,11-13,21H,5-10H2. The van der Waals surface area contributed by atoms with Gasteiger partial charge in [-0.1, -0.05) is 12.1 Å². The molecule has 1 aromatic carbocycles. The van der Waals surface area contributed by atoms with E-state index < -0.39 is 0 Å². The third-order valence-corrected chi connectivity index (χ3v) is 3.94. The zero-order valence-corrected chi connectivity index (χ0v) is 13.4. The molecule has 6 heteroatoms. The molecule has 2 heterocycles. The molecule has 1 fully saturated rings. The molecule has 0 unspecified atom stereocenters. The van der Waals surface area contributed by atoms with Crippen LogP contribution in [0.1, 0.15) is 15.9 Å². The zero-order chi connectivity index (χ0) is 16.8. The summed E-state index contributed by atoms with van der Waals surface area (Å²) in [6.07, 6.45) is 4.05. The normalized spacial score (nSPS) is 14.5. The molecule has 2 aromatic rings. The van der Waals surface area contributed by atoms with Crippen molar-refractivity contribution < 1.29 is 13.9 Å². The van der Waals surface area contributed by atoms with E-state index in [9.17, 15) is 9.18 Å². The first-order valence-electron chi connectivity index (χ1n) is 8.03. The molecule has 1 N–H and O–H groups in total. The largest absolute Gasteiger partial charge is 0.383 e. The summed E-state index contributed by atoms with van der Waals surface area (Å²) < 4.78 is 18.1. The lowest BCUT2D eigenvalue weighted by Crippen LogP contribution is -2.40. The van der Waals surface area contributed by atoms with E-state index in [1.54, 1.807) is 29.4 Å². The molecule has 1 saturated heterocycles. The molecule has 126 valence electrons. The Kier molecular flexibility index (Phi) is 5.38. The van der Waals surface area contributed by atoms with Gasteiger partial charge in [-0.3, -0.25) is 9.78 Å². The zero-order valence-electron chi connectivity index (χ0n) is 13.4. The van der Waals surface area contributed by atoms with E-state index in [4.69, 9.17) is 4.74 Å². The van der Waals surface area contributed by atoms with E-state index in [2.05, 4.69) is 10.3 Å². The average Bonchev–Trinajstić information content (AvgIpc) is 2.64. The fourth-order valence-electron chi connectivity index (χ4n) is 2.60. The summed E-state index contributed by atoms with van der Waals surface area (Å²) in [4.78, 5) is 18.4. The Morgan fingerprint density at radius 3 is 2.71 bits per heavy atom. The van der Waals surface area contributed by atoms with Gasteiger partial charge in [0.25, 0.3) is 5.91 Å². The fourth-order valence-corrected chi connectivity index (χ4v) is 2.60. The van der Waals surface area contributed by atoms with Gasteiger partial charge in [0.1, 0.15) is 5.82 Å². The topological polar surface area (TPSA) is 54.5 Å². The highest BCUT2D eigenvalue weighted by Gasteiger charge is 2.18. The van der Waals surface area contributed by atoms with Crippen molar-refractivity contribution in [2.24, 2.45) is 0 Å². The minimum Gasteiger partial charge on any atom is -0.383 e. The maximum absolute atomic E-state index is 12.9. The number of morpholine rings is 1. The van der Waals surface area contributed by atoms with Gasteiger partial charge >= 0.3 is 0 Å². The lowest BCUT2D eigenvalue weighted by molar-refractivity contribution is 0.0302. The van der Waals surface area contributed by atoms with Crippen molar-refractivity contribution in [1.29, 1.82) is 0 Å². The van der Waals surface area contributed by atoms with E-state index in [0.717, 1.165) is 17.7 Å². The number of benzene rings is 1. The van der Waals surface area contributed by atoms with Gasteiger partial charge in [0.2, 0.25) is 0 Å². The van der Waals surface area contributed by atoms with Crippen LogP contribution >= 0.6 is 0 Å². The van der Waals surface area contributed by atoms with Crippen LogP contribution in [-0.2, 0) is 11.2 Å². The minimum absolute atomic E-state index is 0.0204. The van der Waals surface area contributed by atoms with Crippen LogP contribution in [0.25, 0.3) is 0 Å². The van der Waals surface area contributed by atoms with Crippen LogP contribution in [0.2, 0.25) is 0 Å². The van der Waals surface area contributed by atoms with Gasteiger partial charge < -0.3 is 15.0 Å². The van der Waals surface area contributed by atoms with E-state index in [1.165, 1.54) is 12.1 Å². The number of rotatable bonds is 5. The number of anilines is 1. The first-order chi connectivity index (χ1) is 11.7. The Morgan fingerprint density at radius 1 is 1.21 bits per heavy atom. The van der Waals surface area contributed by atoms with Crippen molar-refractivity contribution in [2.75, 3.05) is 38.2 Å². The van der Waals surface area contributed by atoms with Crippen molar-refractivity contribution >= 4 is 11.6 Å². The minimum atomic E-state index is -0.231. The molecule has 0 aliphatic carbocycles. The smallest absolute Gasteiger partial charge is 0.255 e. The first-order valence-corrected chi connectivity index (χ1v) is 8.03. The van der Waals surface area contributed by atoms with Gasteiger partial charge in [-0.15, -0.1) is 0 Å². The molecule has 24 heavy (non-hydrogen) atoms. The third-order valence-electron chi connectivity index (χ3n) is 3.94. The van der Waals surface area contributed by atoms with Crippen LogP contribution in [0.3, 0.4) is 0 Å². The van der Waals surface area contributed by atoms with Gasteiger partial charge in [0, 0.05) is 32.0 Å². The Balaban J connectivity index is 1.56. The maximum Gasteiger partial charge on any atom is 0.255 e. The van der Waals surface area contributed by atoms with E-state index in [1.807, 2.05) is 6.07 Å². The first kappa shape index (κ1) is 16.4. The molecule has 0 spiro atoms. The van der Waals surface area contributed by atoms with Crippen LogP contribution in [0.15, 0.2) is 42.7 Å². The summed E-state index contributed by atoms with van der Waals surface area (Å²) >= 11 is 0. The van der Waals surface area contributed by atoms with Crippen LogP contribution in [0.4, 0.5) is 10.1 Å². The highest BCUT2D eigenvalue weighted by molar-refractivity contribution is 5.94. The van der Waals surface area contributed by atoms with Crippen molar-refractivity contribution in [1.82, 2.24) is 9.88 Å². The number of nitrogens with zero attached hydrogens (tertiary/aromatic N) is 2. The van der Waals surface area contributed by atoms with E-state index in [0.29, 0.717) is 38.4 Å². The maximum atomic E-state index is 12.9. The van der Waals surface area contributed by atoms with Crippen LogP contribution in [0, 0.1) is 5.82 Å². The third kappa shape index (κ3) is 4.29. The SMILES string of the molecule is O=C(c1cncc(NCCc2ccc(F)cc2)c1)N1CCOCC1. The summed E-state index contributed by atoms with van der Waals surface area (Å²) in [6.45, 7) is 3.06. The fraction of sp³-hybridized carbons (Fsp3) is 0.333. The highest BCUT2D eigenvalue weighted by atomic mass is 19.1. The van der Waals surface area contributed by atoms with Gasteiger partial charge in [0.05, 0.1) is 24.5 Å². The highest BCUT2D eigenvalue weighted by Crippen LogP contribution is 2.12. The van der Waals surface area contributed by atoms with E-state index in [-0.39, 0.29) is 11.7 Å². The lowest BCUT2D eigenvalue weighted by Gasteiger charge is -2.26. The number of halogens is 1. The van der Waals surface area contributed by atoms with Gasteiger partial charge in [-0.25, -0.2) is 4.39 Å². The van der Waals surface area contributed by atoms with Gasteiger partial charge in [-0.2, -0.15) is 0 Å². The van der Waals surface area contributed by atoms with Crippen molar-refractivity contribution in [2.45, 2.75) is 6.42 Å². The molecule has 1 aliphatic rings. The molecule has 0 saturated carbocycles. The summed E-state index contributed by atoms with van der Waals surface area (Å²) in [5.41, 5.74) is 2.43. The van der Waals surface area contributed by atoms with E-state index >= 15 is 0 Å². The molecule has 0 atom stereocenters. The summed E-state index contributed by atoms with van der Waals surface area (Å²) in [7, 11) is 0. The van der Waals surface area contributed by atoms with Crippen molar-refractivity contribution in [3.63, 3.8) is 0 Å². The summed E-state index contributed by atoms with van der Waals surface area (Å²) in [5, 5.41) is 3.25. The molecule has 0 bridgehead atoms. The Morgan fingerprint density at radius 2 is 1.96 bits per heavy atom. The molecular formula is C18H20FN3O2. The second-order valence-electron chi connectivity index (χ2n) is 5.67. The monoisotopic (exact) mass is 329 g/mol. The molecular weight excluding hydrogens is 309 g/mol. The Hall–Kier alpha value is -2.47. The van der Waals surface area contributed by atoms with Crippen LogP contribution in [0.5, 0.6) is 0 Å². The molecule has 1 aromatic heterocycles. The van der Waals surface area contributed by atoms with Gasteiger partial charge in [0.15, 0.2) is 0 Å². The number of amides is 1. The number of aromatic nitrogens is 1. The predicted octanol–water partition coefficient (Wildman–Crippen LogP) is 2.35. The molecule has 1 aliphatic heterocycles. The second kappa shape index (κ2) is 7.88. The number of pyridine rings is 1. The molecule has 3 rings (SSSR count). The molecule has 0 radical (unpaired) electrons. The molecule has 5 nitrogen and oxygen atoms in total. The summed E-state index contributed by atoms with van der Waals surface area (Å²) in [6, 6.07) is 8.27. The number of ether oxygens (including phenoxy) is 1. The Labute approximate surface area is 140 Å². The lowest BCUT2D eigenvalue weighted by atomic mass is 10.1. The van der Waals surface area contributed by atoms with Crippen LogP contribution < -0.4 is 5.32 Å². The second-order valence-corrected chi connectivity index (χ2v) is 5.67. The quantitative estimate of drug-likeness (QED) is 0.915. The average molecular weight is 329 g/mol. The number of hydrogen-bond acceptors (Lipinski definition) is 4. The number of hydrogen-bond donors (Lipinski definition) is 1. The van der Waals surface area contributed by atoms with Crippen LogP contribution in [-0.4, -0.2) is 48.6 Å². The predicted molar refractivity (Wildman–Crippen MR) is 89.6 cm³/mol. The number of carbonyl (C=O) groups excluding carboxylic acids is 1. The summed E-state index contributed by atoms with van der Waals surface area (Å²) in [5.74, 6) is -0.252. The molecule has 1 amide bonds. The number of carbonyl (C=O) groups is 1. The van der Waals surface area contributed by atoms with Gasteiger partial charge in [-0.05, 0) is 30.2 Å². The number of nitrogens with one attached hydrogen (secondary N) is 1.